The van der Waals surface area contributed by atoms with Gasteiger partial charge < -0.3 is 9.88 Å². The van der Waals surface area contributed by atoms with Crippen LogP contribution in [-0.2, 0) is 17.2 Å². The van der Waals surface area contributed by atoms with Gasteiger partial charge in [0.25, 0.3) is 0 Å². The van der Waals surface area contributed by atoms with Crippen LogP contribution < -0.4 is 5.32 Å². The van der Waals surface area contributed by atoms with Crippen LogP contribution in [0.4, 0.5) is 0 Å². The minimum atomic E-state index is -0.0655. The fourth-order valence-corrected chi connectivity index (χ4v) is 2.46. The van der Waals surface area contributed by atoms with Gasteiger partial charge in [0.2, 0.25) is 5.91 Å². The van der Waals surface area contributed by atoms with Gasteiger partial charge >= 0.3 is 0 Å². The number of aromatic nitrogens is 2. The third-order valence-electron chi connectivity index (χ3n) is 2.93. The van der Waals surface area contributed by atoms with Gasteiger partial charge in [-0.1, -0.05) is 31.5 Å². The molecule has 0 aliphatic carbocycles. The number of nitrogens with zero attached hydrogens (tertiary/aromatic N) is 2. The fourth-order valence-electron chi connectivity index (χ4n) is 1.98. The molecule has 0 unspecified atom stereocenters. The first-order valence-electron chi connectivity index (χ1n) is 6.49. The van der Waals surface area contributed by atoms with E-state index < -0.39 is 0 Å². The van der Waals surface area contributed by atoms with Crippen LogP contribution in [0.15, 0.2) is 18.2 Å². The molecule has 20 heavy (non-hydrogen) atoms. The van der Waals surface area contributed by atoms with Crippen LogP contribution in [-0.4, -0.2) is 22.0 Å². The minimum Gasteiger partial charge on any atom is -0.354 e. The summed E-state index contributed by atoms with van der Waals surface area (Å²) in [5.41, 5.74) is 1.51. The summed E-state index contributed by atoms with van der Waals surface area (Å²) in [6.45, 7) is 4.92. The third-order valence-corrected chi connectivity index (χ3v) is 3.47. The zero-order chi connectivity index (χ0) is 14.7. The van der Waals surface area contributed by atoms with Crippen molar-refractivity contribution in [3.05, 3.63) is 29.0 Å². The number of benzene rings is 1. The molecule has 1 N–H and O–H groups in total. The van der Waals surface area contributed by atoms with Crippen molar-refractivity contribution in [2.45, 2.75) is 26.3 Å². The number of rotatable bonds is 5. The van der Waals surface area contributed by atoms with Crippen molar-refractivity contribution in [1.82, 2.24) is 14.9 Å². The first-order valence-corrected chi connectivity index (χ1v) is 7.40. The largest absolute Gasteiger partial charge is 0.354 e. The van der Waals surface area contributed by atoms with E-state index in [-0.39, 0.29) is 18.3 Å². The summed E-state index contributed by atoms with van der Waals surface area (Å²) in [6, 6.07) is 5.48. The number of alkyl halides is 1. The molecule has 2 rings (SSSR count). The highest BCUT2D eigenvalue weighted by atomic mass is 35.5. The fraction of sp³-hybridized carbons (Fsp3) is 0.429. The van der Waals surface area contributed by atoms with E-state index in [2.05, 4.69) is 10.3 Å². The molecule has 1 aromatic carbocycles. The Morgan fingerprint density at radius 3 is 2.85 bits per heavy atom. The highest BCUT2D eigenvalue weighted by molar-refractivity contribution is 6.35. The summed E-state index contributed by atoms with van der Waals surface area (Å²) < 4.78 is 1.78. The quantitative estimate of drug-likeness (QED) is 0.862. The Morgan fingerprint density at radius 2 is 2.20 bits per heavy atom. The molecule has 2 aromatic rings. The summed E-state index contributed by atoms with van der Waals surface area (Å²) in [6.07, 6.45) is 0. The Hall–Kier alpha value is -1.26. The normalized spacial score (nSPS) is 11.2. The van der Waals surface area contributed by atoms with Crippen LogP contribution >= 0.6 is 23.2 Å². The molecule has 1 aromatic heterocycles. The van der Waals surface area contributed by atoms with Crippen molar-refractivity contribution in [2.75, 3.05) is 6.54 Å². The maximum atomic E-state index is 12.0. The van der Waals surface area contributed by atoms with E-state index in [1.807, 2.05) is 26.0 Å². The van der Waals surface area contributed by atoms with Gasteiger partial charge in [-0.05, 0) is 18.1 Å². The van der Waals surface area contributed by atoms with E-state index in [9.17, 15) is 4.79 Å². The first kappa shape index (κ1) is 15.1. The molecule has 0 fully saturated rings. The molecule has 0 atom stereocenters. The Morgan fingerprint density at radius 1 is 1.45 bits per heavy atom. The predicted molar refractivity (Wildman–Crippen MR) is 82.1 cm³/mol. The Labute approximate surface area is 128 Å². The van der Waals surface area contributed by atoms with Crippen LogP contribution in [0.1, 0.15) is 19.7 Å². The molecular weight excluding hydrogens is 297 g/mol. The molecule has 0 aliphatic rings. The van der Waals surface area contributed by atoms with Crippen LogP contribution in [0.5, 0.6) is 0 Å². The van der Waals surface area contributed by atoms with Crippen molar-refractivity contribution in [3.63, 3.8) is 0 Å². The lowest BCUT2D eigenvalue weighted by atomic mass is 10.2. The number of amides is 1. The van der Waals surface area contributed by atoms with E-state index in [4.69, 9.17) is 23.2 Å². The van der Waals surface area contributed by atoms with Crippen LogP contribution in [0.2, 0.25) is 5.02 Å². The van der Waals surface area contributed by atoms with Crippen molar-refractivity contribution in [3.8, 4) is 0 Å². The van der Waals surface area contributed by atoms with Gasteiger partial charge in [-0.25, -0.2) is 4.98 Å². The Balaban J connectivity index is 2.30. The maximum Gasteiger partial charge on any atom is 0.240 e. The van der Waals surface area contributed by atoms with Gasteiger partial charge in [0, 0.05) is 6.54 Å². The van der Waals surface area contributed by atoms with Crippen LogP contribution in [0.25, 0.3) is 11.0 Å². The molecule has 108 valence electrons. The van der Waals surface area contributed by atoms with Gasteiger partial charge in [-0.2, -0.15) is 0 Å². The number of hydrogen-bond acceptors (Lipinski definition) is 2. The van der Waals surface area contributed by atoms with E-state index in [0.717, 1.165) is 11.0 Å². The zero-order valence-electron chi connectivity index (χ0n) is 11.5. The molecule has 0 spiro atoms. The number of imidazole rings is 1. The van der Waals surface area contributed by atoms with Gasteiger partial charge in [0.15, 0.2) is 0 Å². The van der Waals surface area contributed by atoms with E-state index in [0.29, 0.717) is 23.3 Å². The second-order valence-electron chi connectivity index (χ2n) is 5.05. The average Bonchev–Trinajstić information content (AvgIpc) is 2.76. The molecule has 0 aliphatic heterocycles. The van der Waals surface area contributed by atoms with Crippen molar-refractivity contribution >= 4 is 40.1 Å². The van der Waals surface area contributed by atoms with E-state index >= 15 is 0 Å². The lowest BCUT2D eigenvalue weighted by Crippen LogP contribution is -2.31. The summed E-state index contributed by atoms with van der Waals surface area (Å²) in [4.78, 5) is 16.4. The summed E-state index contributed by atoms with van der Waals surface area (Å²) in [5, 5.41) is 3.45. The minimum absolute atomic E-state index is 0.0655. The number of nitrogens with one attached hydrogen (secondary N) is 1. The summed E-state index contributed by atoms with van der Waals surface area (Å²) >= 11 is 12.1. The number of halogens is 2. The second-order valence-corrected chi connectivity index (χ2v) is 5.73. The molecule has 0 radical (unpaired) electrons. The summed E-state index contributed by atoms with van der Waals surface area (Å²) in [7, 11) is 0. The third kappa shape index (κ3) is 3.25. The predicted octanol–water partition coefficient (Wildman–Crippen LogP) is 3.20. The number of fused-ring (bicyclic) bond motifs is 1. The number of hydrogen-bond donors (Lipinski definition) is 1. The van der Waals surface area contributed by atoms with E-state index in [1.54, 1.807) is 10.6 Å². The van der Waals surface area contributed by atoms with Crippen LogP contribution in [0, 0.1) is 5.92 Å². The standard InChI is InChI=1S/C14H17Cl2N3O/c1-9(2)7-17-13(20)8-19-12(6-15)18-11-5-3-4-10(16)14(11)19/h3-5,9H,6-8H2,1-2H3,(H,17,20). The van der Waals surface area contributed by atoms with Gasteiger partial charge in [0.05, 0.1) is 21.9 Å². The van der Waals surface area contributed by atoms with Crippen molar-refractivity contribution < 1.29 is 4.79 Å². The lowest BCUT2D eigenvalue weighted by Gasteiger charge is -2.10. The molecular formula is C14H17Cl2N3O. The smallest absolute Gasteiger partial charge is 0.240 e. The summed E-state index contributed by atoms with van der Waals surface area (Å²) in [5.74, 6) is 1.23. The molecule has 0 bridgehead atoms. The van der Waals surface area contributed by atoms with E-state index in [1.165, 1.54) is 0 Å². The topological polar surface area (TPSA) is 46.9 Å². The van der Waals surface area contributed by atoms with Gasteiger partial charge in [-0.3, -0.25) is 4.79 Å². The molecule has 0 saturated carbocycles. The average molecular weight is 314 g/mol. The zero-order valence-corrected chi connectivity index (χ0v) is 13.0. The van der Waals surface area contributed by atoms with Crippen molar-refractivity contribution in [1.29, 1.82) is 0 Å². The highest BCUT2D eigenvalue weighted by Gasteiger charge is 2.15. The molecule has 1 heterocycles. The molecule has 6 heteroatoms. The molecule has 4 nitrogen and oxygen atoms in total. The second kappa shape index (κ2) is 6.46. The molecule has 0 saturated heterocycles. The number of para-hydroxylation sites is 1. The lowest BCUT2D eigenvalue weighted by molar-refractivity contribution is -0.121. The van der Waals surface area contributed by atoms with Crippen LogP contribution in [0.3, 0.4) is 0 Å². The van der Waals surface area contributed by atoms with Gasteiger partial charge in [0.1, 0.15) is 12.4 Å². The molecule has 1 amide bonds. The Kier molecular flexibility index (Phi) is 4.89. The monoisotopic (exact) mass is 313 g/mol. The van der Waals surface area contributed by atoms with Gasteiger partial charge in [-0.15, -0.1) is 11.6 Å². The highest BCUT2D eigenvalue weighted by Crippen LogP contribution is 2.25. The SMILES string of the molecule is CC(C)CNC(=O)Cn1c(CCl)nc2cccc(Cl)c21. The number of carbonyl (C=O) groups is 1. The first-order chi connectivity index (χ1) is 9.52. The van der Waals surface area contributed by atoms with Crippen molar-refractivity contribution in [2.24, 2.45) is 5.92 Å². The number of carbonyl (C=O) groups excluding carboxylic acids is 1. The maximum absolute atomic E-state index is 12.0. The Bertz CT molecular complexity index is 622.